The summed E-state index contributed by atoms with van der Waals surface area (Å²) in [6.07, 6.45) is 0. The molecule has 0 saturated carbocycles. The van der Waals surface area contributed by atoms with Crippen LogP contribution in [0.15, 0.2) is 24.3 Å². The van der Waals surface area contributed by atoms with Crippen LogP contribution in [-0.4, -0.2) is 23.8 Å². The van der Waals surface area contributed by atoms with Crippen molar-refractivity contribution in [3.8, 4) is 6.07 Å². The second-order valence-corrected chi connectivity index (χ2v) is 16.2. The van der Waals surface area contributed by atoms with Crippen LogP contribution in [0.4, 0.5) is 0 Å². The van der Waals surface area contributed by atoms with Crippen LogP contribution in [-0.2, 0) is 8.69 Å². The van der Waals surface area contributed by atoms with Crippen molar-refractivity contribution in [1.29, 1.82) is 5.26 Å². The van der Waals surface area contributed by atoms with Gasteiger partial charge in [-0.1, -0.05) is 59.7 Å². The predicted octanol–water partition coefficient (Wildman–Crippen LogP) is 5.30. The molecule has 0 aromatic heterocycles. The Morgan fingerprint density at radius 2 is 1.20 bits per heavy atom. The van der Waals surface area contributed by atoms with Gasteiger partial charge in [0.2, 0.25) is 0 Å². The summed E-state index contributed by atoms with van der Waals surface area (Å²) in [4.78, 5) is 0. The quantitative estimate of drug-likeness (QED) is 0.493. The van der Waals surface area contributed by atoms with Gasteiger partial charge in [-0.3, -0.25) is 0 Å². The molecule has 0 bridgehead atoms. The van der Waals surface area contributed by atoms with Gasteiger partial charge in [0, 0.05) is 0 Å². The van der Waals surface area contributed by atoms with Crippen LogP contribution in [0.1, 0.15) is 47.1 Å². The van der Waals surface area contributed by atoms with Crippen LogP contribution in [0.2, 0.25) is 36.3 Å². The van der Waals surface area contributed by atoms with Crippen molar-refractivity contribution in [2.24, 2.45) is 0 Å². The van der Waals surface area contributed by atoms with Crippen LogP contribution in [0.3, 0.4) is 0 Å². The van der Waals surface area contributed by atoms with Crippen molar-refractivity contribution >= 4 is 29.2 Å². The number of hydrogen-bond acceptors (Lipinski definition) is 3. The van der Waals surface area contributed by atoms with E-state index >= 15 is 0 Å². The minimum Gasteiger partial charge on any atom is -0.449 e. The number of rotatable bonds is 11. The van der Waals surface area contributed by atoms with Gasteiger partial charge in [-0.05, 0) is 47.8 Å². The lowest BCUT2D eigenvalue weighted by Gasteiger charge is -2.37. The number of hydrogen-bond donors (Lipinski definition) is 0. The molecule has 0 amide bonds. The first-order valence-electron chi connectivity index (χ1n) is 9.83. The molecule has 0 aliphatic rings. The summed E-state index contributed by atoms with van der Waals surface area (Å²) in [6, 6.07) is 16.6. The van der Waals surface area contributed by atoms with Crippen molar-refractivity contribution in [2.45, 2.75) is 77.8 Å². The Bertz CT molecular complexity index is 530. The minimum atomic E-state index is -1.85. The maximum absolute atomic E-state index is 9.57. The average Bonchev–Trinajstić information content (AvgIpc) is 2.69. The largest absolute Gasteiger partial charge is 0.473 e. The fourth-order valence-electron chi connectivity index (χ4n) is 3.41. The third-order valence-electron chi connectivity index (χ3n) is 5.92. The van der Waals surface area contributed by atoms with Crippen LogP contribution < -0.4 is 5.46 Å². The Kier molecular flexibility index (Phi) is 9.15. The fourth-order valence-corrected chi connectivity index (χ4v) is 8.76. The monoisotopic (exact) mass is 375 g/mol. The lowest BCUT2D eigenvalue weighted by molar-refractivity contribution is 0.416. The van der Waals surface area contributed by atoms with E-state index in [0.717, 1.165) is 41.7 Å². The lowest BCUT2D eigenvalue weighted by Crippen LogP contribution is -2.55. The van der Waals surface area contributed by atoms with E-state index in [-0.39, 0.29) is 0 Å². The topological polar surface area (TPSA) is 42.2 Å². The van der Waals surface area contributed by atoms with Crippen molar-refractivity contribution in [3.63, 3.8) is 0 Å². The summed E-state index contributed by atoms with van der Waals surface area (Å²) in [5.41, 5.74) is 1.58. The van der Waals surface area contributed by atoms with Crippen LogP contribution in [0.25, 0.3) is 0 Å². The maximum Gasteiger partial charge on any atom is 0.473 e. The third-order valence-corrected chi connectivity index (χ3v) is 15.1. The van der Waals surface area contributed by atoms with Gasteiger partial charge in [-0.2, -0.15) is 5.26 Å². The molecule has 0 heterocycles. The molecule has 138 valence electrons. The summed E-state index contributed by atoms with van der Waals surface area (Å²) in [7, 11) is -4.09. The number of benzene rings is 1. The van der Waals surface area contributed by atoms with E-state index in [1.807, 2.05) is 24.3 Å². The van der Waals surface area contributed by atoms with Gasteiger partial charge in [0.05, 0.1) is 11.6 Å². The summed E-state index contributed by atoms with van der Waals surface area (Å²) in [5, 5.41) is 9.57. The van der Waals surface area contributed by atoms with Crippen LogP contribution in [0.5, 0.6) is 0 Å². The van der Waals surface area contributed by atoms with Crippen molar-refractivity contribution in [3.05, 3.63) is 29.8 Å². The molecule has 3 nitrogen and oxygen atoms in total. The first-order valence-corrected chi connectivity index (χ1v) is 14.9. The molecule has 0 N–H and O–H groups in total. The van der Waals surface area contributed by atoms with Crippen molar-refractivity contribution in [1.82, 2.24) is 0 Å². The molecule has 0 aliphatic carbocycles. The highest BCUT2D eigenvalue weighted by atomic mass is 28.4. The number of nitriles is 1. The average molecular weight is 375 g/mol. The summed E-state index contributed by atoms with van der Waals surface area (Å²) in [6.45, 7) is 13.4. The molecule has 0 fully saturated rings. The van der Waals surface area contributed by atoms with Crippen LogP contribution in [0, 0.1) is 11.3 Å². The Balaban J connectivity index is 3.34. The molecule has 1 aromatic rings. The molecule has 0 radical (unpaired) electrons. The summed E-state index contributed by atoms with van der Waals surface area (Å²) >= 11 is 0. The Labute approximate surface area is 157 Å². The Morgan fingerprint density at radius 1 is 0.800 bits per heavy atom. The SMILES string of the molecule is CC[Si](CC)(CC)OB(O[Si](CC)(CC)CC)c1ccccc1C#N. The summed E-state index contributed by atoms with van der Waals surface area (Å²) < 4.78 is 13.6. The van der Waals surface area contributed by atoms with E-state index in [9.17, 15) is 5.26 Å². The van der Waals surface area contributed by atoms with Gasteiger partial charge in [-0.15, -0.1) is 0 Å². The van der Waals surface area contributed by atoms with Gasteiger partial charge in [0.15, 0.2) is 16.6 Å². The minimum absolute atomic E-state index is 0.395. The molecule has 1 rings (SSSR count). The highest BCUT2D eigenvalue weighted by molar-refractivity contribution is 6.87. The van der Waals surface area contributed by atoms with Gasteiger partial charge < -0.3 is 8.69 Å². The Morgan fingerprint density at radius 3 is 1.56 bits per heavy atom. The second-order valence-electron chi connectivity index (χ2n) is 6.75. The predicted molar refractivity (Wildman–Crippen MR) is 113 cm³/mol. The molecule has 6 heteroatoms. The molecule has 0 spiro atoms. The van der Waals surface area contributed by atoms with E-state index in [1.54, 1.807) is 0 Å². The highest BCUT2D eigenvalue weighted by Crippen LogP contribution is 2.27. The van der Waals surface area contributed by atoms with E-state index in [4.69, 9.17) is 8.69 Å². The van der Waals surface area contributed by atoms with Crippen molar-refractivity contribution in [2.75, 3.05) is 0 Å². The molecule has 0 unspecified atom stereocenters. The molecule has 0 saturated heterocycles. The molecule has 0 atom stereocenters. The van der Waals surface area contributed by atoms with Crippen molar-refractivity contribution < 1.29 is 8.69 Å². The smallest absolute Gasteiger partial charge is 0.449 e. The normalized spacial score (nSPS) is 12.0. The second kappa shape index (κ2) is 10.3. The number of nitrogens with zero attached hydrogens (tertiary/aromatic N) is 1. The van der Waals surface area contributed by atoms with E-state index < -0.39 is 23.8 Å². The Hall–Kier alpha value is -0.871. The zero-order valence-corrected chi connectivity index (χ0v) is 18.9. The van der Waals surface area contributed by atoms with Gasteiger partial charge >= 0.3 is 7.12 Å². The standard InChI is InChI=1S/C19H34BNO2Si2/c1-7-24(8-2,9-3)22-20(23-25(10-4,11-5)12-6)19-16-14-13-15-18(19)17-21/h13-16H,7-12H2,1-6H3. The van der Waals surface area contributed by atoms with E-state index in [0.29, 0.717) is 5.56 Å². The zero-order valence-electron chi connectivity index (χ0n) is 16.9. The molecule has 1 aromatic carbocycles. The van der Waals surface area contributed by atoms with Gasteiger partial charge in [-0.25, -0.2) is 0 Å². The highest BCUT2D eigenvalue weighted by Gasteiger charge is 2.41. The molecule has 0 aliphatic heterocycles. The van der Waals surface area contributed by atoms with Gasteiger partial charge in [0.25, 0.3) is 0 Å². The molecule has 25 heavy (non-hydrogen) atoms. The zero-order chi connectivity index (χ0) is 18.9. The van der Waals surface area contributed by atoms with E-state index in [2.05, 4.69) is 47.6 Å². The maximum atomic E-state index is 9.57. The van der Waals surface area contributed by atoms with Gasteiger partial charge in [0.1, 0.15) is 0 Å². The first-order chi connectivity index (χ1) is 12.0. The fraction of sp³-hybridized carbons (Fsp3) is 0.632. The molecular weight excluding hydrogens is 341 g/mol. The molecular formula is C19H34BNO2Si2. The lowest BCUT2D eigenvalue weighted by atomic mass is 9.77. The summed E-state index contributed by atoms with van der Waals surface area (Å²) in [5.74, 6) is 0. The van der Waals surface area contributed by atoms with Crippen LogP contribution >= 0.6 is 0 Å². The van der Waals surface area contributed by atoms with E-state index in [1.165, 1.54) is 0 Å². The first kappa shape index (κ1) is 22.2. The third kappa shape index (κ3) is 5.30.